The monoisotopic (exact) mass is 330 g/mol. The second kappa shape index (κ2) is 7.44. The molecule has 1 unspecified atom stereocenters. The molecular weight excluding hydrogens is 308 g/mol. The van der Waals surface area contributed by atoms with Gasteiger partial charge in [-0.05, 0) is 25.5 Å². The summed E-state index contributed by atoms with van der Waals surface area (Å²) < 4.78 is 10.9. The van der Waals surface area contributed by atoms with Crippen molar-refractivity contribution in [3.63, 3.8) is 0 Å². The van der Waals surface area contributed by atoms with E-state index in [9.17, 15) is 4.79 Å². The predicted octanol–water partition coefficient (Wildman–Crippen LogP) is 1.36. The van der Waals surface area contributed by atoms with E-state index in [-0.39, 0.29) is 11.9 Å². The first-order chi connectivity index (χ1) is 11.7. The Morgan fingerprint density at radius 2 is 2.25 bits per heavy atom. The van der Waals surface area contributed by atoms with Gasteiger partial charge in [0.1, 0.15) is 12.4 Å². The second-order valence-corrected chi connectivity index (χ2v) is 5.86. The number of primary amides is 1. The highest BCUT2D eigenvalue weighted by molar-refractivity contribution is 5.80. The van der Waals surface area contributed by atoms with Crippen molar-refractivity contribution < 1.29 is 14.3 Å². The number of carbonyl (C=O) groups is 1. The smallest absolute Gasteiger partial charge is 0.234 e. The van der Waals surface area contributed by atoms with Crippen molar-refractivity contribution in [3.8, 4) is 11.6 Å². The van der Waals surface area contributed by atoms with Crippen LogP contribution < -0.4 is 15.2 Å². The molecule has 0 aliphatic carbocycles. The Hall–Kier alpha value is -2.41. The van der Waals surface area contributed by atoms with Gasteiger partial charge in [0.2, 0.25) is 11.8 Å². The van der Waals surface area contributed by atoms with Crippen molar-refractivity contribution in [1.82, 2.24) is 14.9 Å². The van der Waals surface area contributed by atoms with Gasteiger partial charge in [0.05, 0.1) is 30.4 Å². The molecule has 24 heavy (non-hydrogen) atoms. The Labute approximate surface area is 140 Å². The summed E-state index contributed by atoms with van der Waals surface area (Å²) in [6.45, 7) is 2.02. The average molecular weight is 330 g/mol. The van der Waals surface area contributed by atoms with E-state index in [4.69, 9.17) is 15.2 Å². The van der Waals surface area contributed by atoms with Crippen LogP contribution in [0, 0.1) is 0 Å². The number of pyridine rings is 2. The number of hydrogen-bond donors (Lipinski definition) is 1. The van der Waals surface area contributed by atoms with Gasteiger partial charge in [-0.25, -0.2) is 4.98 Å². The highest BCUT2D eigenvalue weighted by atomic mass is 16.5. The Morgan fingerprint density at radius 1 is 1.38 bits per heavy atom. The molecule has 0 spiro atoms. The van der Waals surface area contributed by atoms with Gasteiger partial charge in [0.15, 0.2) is 0 Å². The van der Waals surface area contributed by atoms with E-state index >= 15 is 0 Å². The first-order valence-electron chi connectivity index (χ1n) is 8.14. The Bertz CT molecular complexity index is 722. The molecule has 0 aromatic carbocycles. The summed E-state index contributed by atoms with van der Waals surface area (Å²) in [5.74, 6) is 0.938. The molecule has 1 aliphatic heterocycles. The third-order valence-electron chi connectivity index (χ3n) is 4.29. The van der Waals surface area contributed by atoms with Crippen molar-refractivity contribution in [2.45, 2.75) is 25.3 Å². The van der Waals surface area contributed by atoms with Crippen LogP contribution in [0.1, 0.15) is 19.3 Å². The number of aromatic nitrogens is 2. The molecule has 1 aliphatic rings. The molecule has 7 heteroatoms. The fourth-order valence-corrected chi connectivity index (χ4v) is 3.02. The van der Waals surface area contributed by atoms with Crippen LogP contribution in [0.5, 0.6) is 11.6 Å². The first kappa shape index (κ1) is 16.4. The summed E-state index contributed by atoms with van der Waals surface area (Å²) in [5.41, 5.74) is 6.99. The maximum atomic E-state index is 11.5. The van der Waals surface area contributed by atoms with E-state index < -0.39 is 0 Å². The van der Waals surface area contributed by atoms with Crippen LogP contribution in [-0.4, -0.2) is 53.6 Å². The van der Waals surface area contributed by atoms with E-state index in [2.05, 4.69) is 14.9 Å². The number of nitrogens with two attached hydrogens (primary N) is 1. The fourth-order valence-electron chi connectivity index (χ4n) is 3.02. The summed E-state index contributed by atoms with van der Waals surface area (Å²) in [4.78, 5) is 22.3. The molecule has 2 aromatic heterocycles. The first-order valence-corrected chi connectivity index (χ1v) is 8.14. The number of methoxy groups -OCH3 is 1. The van der Waals surface area contributed by atoms with E-state index in [1.54, 1.807) is 19.4 Å². The molecule has 1 amide bonds. The number of fused-ring (bicyclic) bond motifs is 1. The highest BCUT2D eigenvalue weighted by Gasteiger charge is 2.26. The zero-order chi connectivity index (χ0) is 16.9. The van der Waals surface area contributed by atoms with Gasteiger partial charge in [0, 0.05) is 18.7 Å². The molecule has 0 bridgehead atoms. The third-order valence-corrected chi connectivity index (χ3v) is 4.29. The van der Waals surface area contributed by atoms with Crippen molar-refractivity contribution in [2.75, 3.05) is 26.8 Å². The van der Waals surface area contributed by atoms with Gasteiger partial charge in [-0.1, -0.05) is 6.42 Å². The van der Waals surface area contributed by atoms with E-state index in [0.29, 0.717) is 24.8 Å². The van der Waals surface area contributed by atoms with Crippen LogP contribution in [0.15, 0.2) is 24.4 Å². The van der Waals surface area contributed by atoms with Gasteiger partial charge < -0.3 is 15.2 Å². The highest BCUT2D eigenvalue weighted by Crippen LogP contribution is 2.20. The number of piperidine rings is 1. The lowest BCUT2D eigenvalue weighted by atomic mass is 10.0. The minimum atomic E-state index is -0.252. The van der Waals surface area contributed by atoms with E-state index in [1.165, 1.54) is 0 Å². The number of carbonyl (C=O) groups excluding carboxylic acids is 1. The van der Waals surface area contributed by atoms with Crippen LogP contribution in [0.2, 0.25) is 0 Å². The largest absolute Gasteiger partial charge is 0.491 e. The molecule has 1 fully saturated rings. The number of nitrogens with zero attached hydrogens (tertiary/aromatic N) is 3. The number of hydrogen-bond acceptors (Lipinski definition) is 6. The fraction of sp³-hybridized carbons (Fsp3) is 0.471. The van der Waals surface area contributed by atoms with Gasteiger partial charge in [0.25, 0.3) is 0 Å². The number of ether oxygens (including phenoxy) is 2. The lowest BCUT2D eigenvalue weighted by Gasteiger charge is -2.33. The van der Waals surface area contributed by atoms with Gasteiger partial charge in [-0.15, -0.1) is 0 Å². The minimum absolute atomic E-state index is 0.178. The van der Waals surface area contributed by atoms with Crippen molar-refractivity contribution in [3.05, 3.63) is 24.4 Å². The van der Waals surface area contributed by atoms with Crippen LogP contribution in [0.25, 0.3) is 11.0 Å². The zero-order valence-electron chi connectivity index (χ0n) is 13.8. The van der Waals surface area contributed by atoms with E-state index in [1.807, 2.05) is 12.1 Å². The number of amides is 1. The number of rotatable bonds is 6. The van der Waals surface area contributed by atoms with Gasteiger partial charge in [-0.2, -0.15) is 0 Å². The minimum Gasteiger partial charge on any atom is -0.491 e. The van der Waals surface area contributed by atoms with E-state index in [0.717, 1.165) is 36.8 Å². The molecular formula is C17H22N4O3. The average Bonchev–Trinajstić information content (AvgIpc) is 2.61. The maximum Gasteiger partial charge on any atom is 0.234 e. The predicted molar refractivity (Wildman–Crippen MR) is 90.0 cm³/mol. The van der Waals surface area contributed by atoms with Crippen molar-refractivity contribution in [2.24, 2.45) is 5.73 Å². The van der Waals surface area contributed by atoms with Crippen molar-refractivity contribution in [1.29, 1.82) is 0 Å². The summed E-state index contributed by atoms with van der Waals surface area (Å²) in [7, 11) is 1.58. The molecule has 128 valence electrons. The molecule has 0 radical (unpaired) electrons. The molecule has 3 heterocycles. The molecule has 0 saturated carbocycles. The molecule has 1 atom stereocenters. The Balaban J connectivity index is 1.61. The topological polar surface area (TPSA) is 90.6 Å². The van der Waals surface area contributed by atoms with Crippen LogP contribution in [-0.2, 0) is 4.79 Å². The quantitative estimate of drug-likeness (QED) is 0.860. The zero-order valence-corrected chi connectivity index (χ0v) is 13.8. The van der Waals surface area contributed by atoms with Gasteiger partial charge >= 0.3 is 0 Å². The molecule has 1 saturated heterocycles. The van der Waals surface area contributed by atoms with Crippen LogP contribution in [0.3, 0.4) is 0 Å². The lowest BCUT2D eigenvalue weighted by Crippen LogP contribution is -2.48. The van der Waals surface area contributed by atoms with Crippen LogP contribution >= 0.6 is 0 Å². The van der Waals surface area contributed by atoms with Gasteiger partial charge in [-0.3, -0.25) is 14.7 Å². The van der Waals surface area contributed by atoms with Crippen molar-refractivity contribution >= 4 is 16.9 Å². The molecule has 2 N–H and O–H groups in total. The SMILES string of the molecule is COc1ccc2ncc(OCCN3CCCCC3C(N)=O)cc2n1. The normalized spacial score (nSPS) is 18.5. The molecule has 2 aromatic rings. The summed E-state index contributed by atoms with van der Waals surface area (Å²) in [6, 6.07) is 5.29. The molecule has 3 rings (SSSR count). The second-order valence-electron chi connectivity index (χ2n) is 5.86. The Kier molecular flexibility index (Phi) is 5.10. The standard InChI is InChI=1S/C17H22N4O3/c1-23-16-6-5-13-14(20-16)10-12(11-19-13)24-9-8-21-7-3-2-4-15(21)17(18)22/h5-6,10-11,15H,2-4,7-9H2,1H3,(H2,18,22). The summed E-state index contributed by atoms with van der Waals surface area (Å²) >= 11 is 0. The summed E-state index contributed by atoms with van der Waals surface area (Å²) in [5, 5.41) is 0. The molecule has 7 nitrogen and oxygen atoms in total. The lowest BCUT2D eigenvalue weighted by molar-refractivity contribution is -0.124. The van der Waals surface area contributed by atoms with Crippen LogP contribution in [0.4, 0.5) is 0 Å². The number of likely N-dealkylation sites (tertiary alicyclic amines) is 1. The third kappa shape index (κ3) is 3.73. The maximum absolute atomic E-state index is 11.5. The summed E-state index contributed by atoms with van der Waals surface area (Å²) in [6.07, 6.45) is 4.65. The Morgan fingerprint density at radius 3 is 3.04 bits per heavy atom.